The van der Waals surface area contributed by atoms with Gasteiger partial charge in [-0.1, -0.05) is 81.4 Å². The molecule has 0 atom stereocenters. The Balaban J connectivity index is 2.05. The van der Waals surface area contributed by atoms with Gasteiger partial charge in [-0.25, -0.2) is 0 Å². The summed E-state index contributed by atoms with van der Waals surface area (Å²) < 4.78 is 6.83. The molecule has 5 heteroatoms. The number of halogens is 1. The third-order valence-corrected chi connectivity index (χ3v) is 10.0. The van der Waals surface area contributed by atoms with Crippen molar-refractivity contribution >= 4 is 30.3 Å². The first kappa shape index (κ1) is 19.7. The highest BCUT2D eigenvalue weighted by atomic mass is 35.5. The van der Waals surface area contributed by atoms with Crippen LogP contribution in [0, 0.1) is 0 Å². The van der Waals surface area contributed by atoms with E-state index >= 15 is 0 Å². The molecule has 2 aromatic carbocycles. The van der Waals surface area contributed by atoms with Crippen LogP contribution in [0.3, 0.4) is 0 Å². The summed E-state index contributed by atoms with van der Waals surface area (Å²) in [6.45, 7) is 7.22. The zero-order valence-corrected chi connectivity index (χ0v) is 17.8. The normalized spacial score (nSPS) is 12.1. The average molecular weight is 397 g/mol. The van der Waals surface area contributed by atoms with Crippen molar-refractivity contribution in [2.75, 3.05) is 0 Å². The van der Waals surface area contributed by atoms with Gasteiger partial charge in [0.2, 0.25) is 0 Å². The van der Waals surface area contributed by atoms with E-state index in [1.54, 1.807) is 12.4 Å². The van der Waals surface area contributed by atoms with Crippen LogP contribution in [0.25, 0.3) is 0 Å². The molecule has 1 heterocycles. The summed E-state index contributed by atoms with van der Waals surface area (Å²) in [6, 6.07) is 21.2. The highest BCUT2D eigenvalue weighted by Gasteiger charge is 2.50. The van der Waals surface area contributed by atoms with Crippen LogP contribution in [0.15, 0.2) is 73.1 Å². The Morgan fingerprint density at radius 1 is 0.815 bits per heavy atom. The van der Waals surface area contributed by atoms with Crippen LogP contribution in [-0.2, 0) is 16.9 Å². The first-order valence-corrected chi connectivity index (χ1v) is 11.5. The lowest BCUT2D eigenvalue weighted by Crippen LogP contribution is -2.66. The molecule has 0 spiro atoms. The molecule has 0 N–H and O–H groups in total. The highest BCUT2D eigenvalue weighted by molar-refractivity contribution is 6.99. The molecule has 3 aromatic rings. The number of nitrogens with zero attached hydrogens (tertiary/aromatic N) is 2. The van der Waals surface area contributed by atoms with Gasteiger partial charge in [-0.3, -0.25) is 9.97 Å². The number of alkyl halides is 1. The molecule has 0 bridgehead atoms. The predicted octanol–water partition coefficient (Wildman–Crippen LogP) is 4.29. The number of hydrogen-bond donors (Lipinski definition) is 0. The van der Waals surface area contributed by atoms with Gasteiger partial charge in [-0.15, -0.1) is 11.6 Å². The maximum atomic E-state index is 6.83. The van der Waals surface area contributed by atoms with Crippen LogP contribution in [-0.4, -0.2) is 18.3 Å². The minimum atomic E-state index is -2.55. The molecule has 140 valence electrons. The standard InChI is InChI=1S/C22H25ClN2OSi/c1-22(2,3)27(20-10-6-4-7-11-20,21-12-8-5-9-13-21)26-17-19-16-24-18(14-23)15-25-19/h4-13,15-16H,14,17H2,1-3H3. The summed E-state index contributed by atoms with van der Waals surface area (Å²) in [6.07, 6.45) is 3.48. The second-order valence-corrected chi connectivity index (χ2v) is 12.2. The third-order valence-electron chi connectivity index (χ3n) is 4.75. The van der Waals surface area contributed by atoms with Crippen molar-refractivity contribution < 1.29 is 4.43 Å². The maximum absolute atomic E-state index is 6.83. The first-order chi connectivity index (χ1) is 13.0. The number of rotatable bonds is 6. The fourth-order valence-electron chi connectivity index (χ4n) is 3.47. The van der Waals surface area contributed by atoms with Crippen molar-refractivity contribution in [1.82, 2.24) is 9.97 Å². The van der Waals surface area contributed by atoms with E-state index in [0.29, 0.717) is 12.5 Å². The number of aromatic nitrogens is 2. The average Bonchev–Trinajstić information content (AvgIpc) is 2.69. The molecule has 0 unspecified atom stereocenters. The number of hydrogen-bond acceptors (Lipinski definition) is 3. The molecule has 1 aromatic heterocycles. The van der Waals surface area contributed by atoms with Crippen LogP contribution in [0.1, 0.15) is 32.2 Å². The predicted molar refractivity (Wildman–Crippen MR) is 114 cm³/mol. The highest BCUT2D eigenvalue weighted by Crippen LogP contribution is 2.37. The zero-order chi connectivity index (χ0) is 19.3. The lowest BCUT2D eigenvalue weighted by Gasteiger charge is -2.42. The summed E-state index contributed by atoms with van der Waals surface area (Å²) in [5.74, 6) is 0.364. The molecule has 0 aliphatic carbocycles. The van der Waals surface area contributed by atoms with Gasteiger partial charge in [0.1, 0.15) is 0 Å². The maximum Gasteiger partial charge on any atom is 0.261 e. The summed E-state index contributed by atoms with van der Waals surface area (Å²) in [5.41, 5.74) is 1.59. The fourth-order valence-corrected chi connectivity index (χ4v) is 8.13. The Morgan fingerprint density at radius 2 is 1.30 bits per heavy atom. The minimum Gasteiger partial charge on any atom is -0.401 e. The van der Waals surface area contributed by atoms with Gasteiger partial charge in [-0.05, 0) is 15.4 Å². The second-order valence-electron chi connectivity index (χ2n) is 7.58. The van der Waals surface area contributed by atoms with Crippen LogP contribution in [0.4, 0.5) is 0 Å². The molecule has 3 rings (SSSR count). The van der Waals surface area contributed by atoms with Crippen molar-refractivity contribution in [3.8, 4) is 0 Å². The van der Waals surface area contributed by atoms with Crippen molar-refractivity contribution in [3.63, 3.8) is 0 Å². The van der Waals surface area contributed by atoms with Gasteiger partial charge < -0.3 is 4.43 Å². The molecular formula is C22H25ClN2OSi. The third kappa shape index (κ3) is 4.13. The molecule has 0 saturated heterocycles. The summed E-state index contributed by atoms with van der Waals surface area (Å²) in [5, 5.41) is 2.46. The molecule has 3 nitrogen and oxygen atoms in total. The van der Waals surface area contributed by atoms with E-state index in [2.05, 4.69) is 79.3 Å². The van der Waals surface area contributed by atoms with Gasteiger partial charge in [0.05, 0.1) is 36.3 Å². The van der Waals surface area contributed by atoms with E-state index in [4.69, 9.17) is 16.0 Å². The van der Waals surface area contributed by atoms with Crippen molar-refractivity contribution in [1.29, 1.82) is 0 Å². The Kier molecular flexibility index (Phi) is 6.10. The Bertz CT molecular complexity index is 809. The van der Waals surface area contributed by atoms with Crippen molar-refractivity contribution in [3.05, 3.63) is 84.4 Å². The smallest absolute Gasteiger partial charge is 0.261 e. The molecule has 0 fully saturated rings. The summed E-state index contributed by atoms with van der Waals surface area (Å²) >= 11 is 5.82. The minimum absolute atomic E-state index is 0.0563. The Morgan fingerprint density at radius 3 is 1.70 bits per heavy atom. The molecule has 0 radical (unpaired) electrons. The monoisotopic (exact) mass is 396 g/mol. The van der Waals surface area contributed by atoms with Crippen molar-refractivity contribution in [2.24, 2.45) is 0 Å². The van der Waals surface area contributed by atoms with Crippen LogP contribution in [0.5, 0.6) is 0 Å². The van der Waals surface area contributed by atoms with Crippen LogP contribution in [0.2, 0.25) is 5.04 Å². The molecular weight excluding hydrogens is 372 g/mol. The van der Waals surface area contributed by atoms with E-state index in [9.17, 15) is 0 Å². The van der Waals surface area contributed by atoms with E-state index in [-0.39, 0.29) is 5.04 Å². The molecule has 0 amide bonds. The fraction of sp³-hybridized carbons (Fsp3) is 0.273. The van der Waals surface area contributed by atoms with Gasteiger partial charge in [0, 0.05) is 0 Å². The first-order valence-electron chi connectivity index (χ1n) is 9.08. The quantitative estimate of drug-likeness (QED) is 0.460. The van der Waals surface area contributed by atoms with Crippen molar-refractivity contribution in [2.45, 2.75) is 38.3 Å². The van der Waals surface area contributed by atoms with Crippen LogP contribution >= 0.6 is 11.6 Å². The van der Waals surface area contributed by atoms with Gasteiger partial charge in [0.15, 0.2) is 0 Å². The summed E-state index contributed by atoms with van der Waals surface area (Å²) in [7, 11) is -2.55. The molecule has 0 aliphatic rings. The Hall–Kier alpha value is -2.01. The number of benzene rings is 2. The molecule has 0 saturated carbocycles. The van der Waals surface area contributed by atoms with E-state index in [1.807, 2.05) is 12.1 Å². The van der Waals surface area contributed by atoms with Crippen LogP contribution < -0.4 is 10.4 Å². The van der Waals surface area contributed by atoms with E-state index in [0.717, 1.165) is 11.4 Å². The SMILES string of the molecule is CC(C)(C)[Si](OCc1cnc(CCl)cn1)(c1ccccc1)c1ccccc1. The van der Waals surface area contributed by atoms with Gasteiger partial charge in [-0.2, -0.15) is 0 Å². The van der Waals surface area contributed by atoms with Gasteiger partial charge >= 0.3 is 0 Å². The lowest BCUT2D eigenvalue weighted by atomic mass is 10.2. The molecule has 27 heavy (non-hydrogen) atoms. The van der Waals surface area contributed by atoms with Gasteiger partial charge in [0.25, 0.3) is 8.32 Å². The second kappa shape index (κ2) is 8.34. The lowest BCUT2D eigenvalue weighted by molar-refractivity contribution is 0.281. The summed E-state index contributed by atoms with van der Waals surface area (Å²) in [4.78, 5) is 8.82. The van der Waals surface area contributed by atoms with E-state index in [1.165, 1.54) is 10.4 Å². The Labute approximate surface area is 167 Å². The van der Waals surface area contributed by atoms with E-state index < -0.39 is 8.32 Å². The largest absolute Gasteiger partial charge is 0.401 e. The topological polar surface area (TPSA) is 35.0 Å². The zero-order valence-electron chi connectivity index (χ0n) is 16.0. The molecule has 0 aliphatic heterocycles.